The smallest absolute Gasteiger partial charge is 0.255 e. The molecule has 2 aliphatic heterocycles. The van der Waals surface area contributed by atoms with E-state index in [1.807, 2.05) is 17.2 Å². The second-order valence-electron chi connectivity index (χ2n) is 6.81. The molecule has 3 rings (SSSR count). The number of carbonyl (C=O) groups is 1. The highest BCUT2D eigenvalue weighted by Gasteiger charge is 2.20. The van der Waals surface area contributed by atoms with Crippen LogP contribution in [-0.2, 0) is 0 Å². The van der Waals surface area contributed by atoms with Crippen LogP contribution in [-0.4, -0.2) is 42.0 Å². The summed E-state index contributed by atoms with van der Waals surface area (Å²) in [4.78, 5) is 21.4. The van der Waals surface area contributed by atoms with Crippen LogP contribution in [0.4, 0.5) is 5.69 Å². The molecule has 0 N–H and O–H groups in total. The molecule has 1 aromatic heterocycles. The third-order valence-electron chi connectivity index (χ3n) is 5.01. The van der Waals surface area contributed by atoms with Crippen molar-refractivity contribution in [2.24, 2.45) is 5.92 Å². The summed E-state index contributed by atoms with van der Waals surface area (Å²) < 4.78 is 0. The topological polar surface area (TPSA) is 36.4 Å². The zero-order chi connectivity index (χ0) is 15.4. The summed E-state index contributed by atoms with van der Waals surface area (Å²) in [5, 5.41) is 0. The minimum absolute atomic E-state index is 0.154. The molecule has 0 spiro atoms. The molecule has 2 fully saturated rings. The van der Waals surface area contributed by atoms with E-state index in [2.05, 4.69) is 16.8 Å². The maximum absolute atomic E-state index is 12.7. The van der Waals surface area contributed by atoms with Gasteiger partial charge in [0, 0.05) is 32.4 Å². The molecule has 3 heterocycles. The average molecular weight is 301 g/mol. The fourth-order valence-electron chi connectivity index (χ4n) is 3.44. The van der Waals surface area contributed by atoms with Gasteiger partial charge >= 0.3 is 0 Å². The van der Waals surface area contributed by atoms with Gasteiger partial charge in [0.15, 0.2) is 0 Å². The first-order valence-electron chi connectivity index (χ1n) is 8.73. The van der Waals surface area contributed by atoms with E-state index in [0.717, 1.165) is 56.2 Å². The van der Waals surface area contributed by atoms with Crippen LogP contribution in [0, 0.1) is 5.92 Å². The van der Waals surface area contributed by atoms with Crippen LogP contribution >= 0.6 is 0 Å². The molecular weight excluding hydrogens is 274 g/mol. The van der Waals surface area contributed by atoms with E-state index >= 15 is 0 Å². The summed E-state index contributed by atoms with van der Waals surface area (Å²) in [6, 6.07) is 2.04. The van der Waals surface area contributed by atoms with Gasteiger partial charge in [0.25, 0.3) is 5.91 Å². The monoisotopic (exact) mass is 301 g/mol. The summed E-state index contributed by atoms with van der Waals surface area (Å²) in [5.74, 6) is 0.966. The second kappa shape index (κ2) is 7.12. The lowest BCUT2D eigenvalue weighted by Crippen LogP contribution is -2.34. The first-order chi connectivity index (χ1) is 10.7. The quantitative estimate of drug-likeness (QED) is 0.840. The lowest BCUT2D eigenvalue weighted by atomic mass is 9.99. The number of amides is 1. The maximum atomic E-state index is 12.7. The highest BCUT2D eigenvalue weighted by atomic mass is 16.2. The van der Waals surface area contributed by atoms with E-state index in [4.69, 9.17) is 0 Å². The number of carbonyl (C=O) groups excluding carboxylic acids is 1. The van der Waals surface area contributed by atoms with Crippen molar-refractivity contribution >= 4 is 11.6 Å². The minimum atomic E-state index is 0.154. The van der Waals surface area contributed by atoms with E-state index in [0.29, 0.717) is 0 Å². The molecule has 2 aliphatic rings. The summed E-state index contributed by atoms with van der Waals surface area (Å²) >= 11 is 0. The normalized spacial score (nSPS) is 20.8. The van der Waals surface area contributed by atoms with Gasteiger partial charge in [-0.05, 0) is 37.7 Å². The highest BCUT2D eigenvalue weighted by molar-refractivity contribution is 5.94. The van der Waals surface area contributed by atoms with E-state index in [1.165, 1.54) is 25.7 Å². The van der Waals surface area contributed by atoms with E-state index in [1.54, 1.807) is 6.20 Å². The van der Waals surface area contributed by atoms with Crippen molar-refractivity contribution in [1.29, 1.82) is 0 Å². The van der Waals surface area contributed by atoms with Crippen molar-refractivity contribution in [3.05, 3.63) is 24.0 Å². The van der Waals surface area contributed by atoms with Gasteiger partial charge in [-0.15, -0.1) is 0 Å². The third-order valence-corrected chi connectivity index (χ3v) is 5.01. The Morgan fingerprint density at radius 2 is 1.73 bits per heavy atom. The zero-order valence-electron chi connectivity index (χ0n) is 13.6. The summed E-state index contributed by atoms with van der Waals surface area (Å²) in [6.07, 6.45) is 10.8. The van der Waals surface area contributed by atoms with Gasteiger partial charge in [-0.3, -0.25) is 9.78 Å². The Balaban J connectivity index is 1.71. The molecule has 1 amide bonds. The van der Waals surface area contributed by atoms with Crippen molar-refractivity contribution in [1.82, 2.24) is 9.88 Å². The summed E-state index contributed by atoms with van der Waals surface area (Å²) in [7, 11) is 0. The minimum Gasteiger partial charge on any atom is -0.370 e. The number of hydrogen-bond acceptors (Lipinski definition) is 3. The molecule has 0 aliphatic carbocycles. The number of likely N-dealkylation sites (tertiary alicyclic amines) is 1. The SMILES string of the molecule is CC1CCN(c2cncc(C(=O)N3CCCCCC3)c2)CC1. The van der Waals surface area contributed by atoms with E-state index in [9.17, 15) is 4.79 Å². The molecule has 2 saturated heterocycles. The third kappa shape index (κ3) is 3.60. The average Bonchev–Trinajstić information content (AvgIpc) is 2.84. The van der Waals surface area contributed by atoms with Crippen LogP contribution in [0.5, 0.6) is 0 Å². The predicted molar refractivity (Wildman–Crippen MR) is 89.2 cm³/mol. The second-order valence-corrected chi connectivity index (χ2v) is 6.81. The van der Waals surface area contributed by atoms with Gasteiger partial charge in [-0.1, -0.05) is 19.8 Å². The molecule has 22 heavy (non-hydrogen) atoms. The molecule has 0 aromatic carbocycles. The number of anilines is 1. The Morgan fingerprint density at radius 1 is 1.05 bits per heavy atom. The summed E-state index contributed by atoms with van der Waals surface area (Å²) in [5.41, 5.74) is 1.85. The van der Waals surface area contributed by atoms with Crippen molar-refractivity contribution in [2.75, 3.05) is 31.1 Å². The number of pyridine rings is 1. The first kappa shape index (κ1) is 15.3. The molecule has 0 bridgehead atoms. The van der Waals surface area contributed by atoms with Crippen LogP contribution in [0.2, 0.25) is 0 Å². The largest absolute Gasteiger partial charge is 0.370 e. The van der Waals surface area contributed by atoms with Crippen LogP contribution in [0.1, 0.15) is 55.8 Å². The maximum Gasteiger partial charge on any atom is 0.255 e. The Bertz CT molecular complexity index is 501. The molecule has 1 aromatic rings. The van der Waals surface area contributed by atoms with Crippen LogP contribution in [0.25, 0.3) is 0 Å². The van der Waals surface area contributed by atoms with Gasteiger partial charge in [0.2, 0.25) is 0 Å². The lowest BCUT2D eigenvalue weighted by Gasteiger charge is -2.32. The Hall–Kier alpha value is -1.58. The van der Waals surface area contributed by atoms with E-state index in [-0.39, 0.29) is 5.91 Å². The predicted octanol–water partition coefficient (Wildman–Crippen LogP) is 3.33. The number of hydrogen-bond donors (Lipinski definition) is 0. The molecule has 0 radical (unpaired) electrons. The molecule has 4 nitrogen and oxygen atoms in total. The van der Waals surface area contributed by atoms with Gasteiger partial charge in [-0.2, -0.15) is 0 Å². The van der Waals surface area contributed by atoms with Crippen LogP contribution in [0.15, 0.2) is 18.5 Å². The van der Waals surface area contributed by atoms with Crippen molar-refractivity contribution in [3.8, 4) is 0 Å². The summed E-state index contributed by atoms with van der Waals surface area (Å²) in [6.45, 7) is 6.25. The standard InChI is InChI=1S/C18H27N3O/c1-15-6-10-20(11-7-15)17-12-16(13-19-14-17)18(22)21-8-4-2-3-5-9-21/h12-15H,2-11H2,1H3. The van der Waals surface area contributed by atoms with Gasteiger partial charge < -0.3 is 9.80 Å². The number of rotatable bonds is 2. The fraction of sp³-hybridized carbons (Fsp3) is 0.667. The van der Waals surface area contributed by atoms with Gasteiger partial charge in [0.1, 0.15) is 0 Å². The molecule has 0 unspecified atom stereocenters. The fourth-order valence-corrected chi connectivity index (χ4v) is 3.44. The van der Waals surface area contributed by atoms with Crippen molar-refractivity contribution < 1.29 is 4.79 Å². The molecule has 120 valence electrons. The number of nitrogens with zero attached hydrogens (tertiary/aromatic N) is 3. The molecule has 0 saturated carbocycles. The molecule has 0 atom stereocenters. The van der Waals surface area contributed by atoms with Gasteiger partial charge in [0.05, 0.1) is 17.4 Å². The lowest BCUT2D eigenvalue weighted by molar-refractivity contribution is 0.0761. The van der Waals surface area contributed by atoms with Crippen LogP contribution in [0.3, 0.4) is 0 Å². The van der Waals surface area contributed by atoms with Gasteiger partial charge in [-0.25, -0.2) is 0 Å². The number of piperidine rings is 1. The number of aromatic nitrogens is 1. The zero-order valence-corrected chi connectivity index (χ0v) is 13.6. The van der Waals surface area contributed by atoms with Crippen LogP contribution < -0.4 is 4.90 Å². The van der Waals surface area contributed by atoms with E-state index < -0.39 is 0 Å². The van der Waals surface area contributed by atoms with Crippen molar-refractivity contribution in [3.63, 3.8) is 0 Å². The van der Waals surface area contributed by atoms with Crippen molar-refractivity contribution in [2.45, 2.75) is 45.4 Å². The molecular formula is C18H27N3O. The Morgan fingerprint density at radius 3 is 2.41 bits per heavy atom. The highest BCUT2D eigenvalue weighted by Crippen LogP contribution is 2.23. The molecule has 4 heteroatoms. The first-order valence-corrected chi connectivity index (χ1v) is 8.73. The Labute approximate surface area is 133 Å². The Kier molecular flexibility index (Phi) is 4.96.